The van der Waals surface area contributed by atoms with Gasteiger partial charge in [0.05, 0.1) is 0 Å². The molecular formula is C8H18KO. The molecule has 0 saturated heterocycles. The van der Waals surface area contributed by atoms with Crippen LogP contribution in [0.5, 0.6) is 0 Å². The van der Waals surface area contributed by atoms with Crippen LogP contribution in [0.25, 0.3) is 0 Å². The van der Waals surface area contributed by atoms with Crippen molar-refractivity contribution in [3.63, 3.8) is 0 Å². The second-order valence-electron chi connectivity index (χ2n) is 2.97. The molecule has 0 aromatic rings. The third-order valence-electron chi connectivity index (χ3n) is 1.44. The van der Waals surface area contributed by atoms with E-state index < -0.39 is 0 Å². The molecule has 0 fully saturated rings. The van der Waals surface area contributed by atoms with E-state index in [1.54, 1.807) is 0 Å². The van der Waals surface area contributed by atoms with Gasteiger partial charge in [-0.3, -0.25) is 0 Å². The van der Waals surface area contributed by atoms with E-state index in [0.29, 0.717) is 6.61 Å². The van der Waals surface area contributed by atoms with Crippen LogP contribution in [-0.2, 0) is 0 Å². The molecule has 10 heavy (non-hydrogen) atoms. The van der Waals surface area contributed by atoms with Gasteiger partial charge in [0, 0.05) is 58.0 Å². The summed E-state index contributed by atoms with van der Waals surface area (Å²) < 4.78 is 0. The van der Waals surface area contributed by atoms with Crippen molar-refractivity contribution in [2.24, 2.45) is 5.92 Å². The van der Waals surface area contributed by atoms with Crippen LogP contribution in [0.2, 0.25) is 0 Å². The van der Waals surface area contributed by atoms with Gasteiger partial charge >= 0.3 is 0 Å². The normalized spacial score (nSPS) is 9.60. The van der Waals surface area contributed by atoms with E-state index in [4.69, 9.17) is 5.11 Å². The Labute approximate surface area is 107 Å². The first-order valence-electron chi connectivity index (χ1n) is 3.88. The molecule has 0 atom stereocenters. The zero-order chi connectivity index (χ0) is 7.11. The van der Waals surface area contributed by atoms with Gasteiger partial charge in [-0.1, -0.05) is 33.1 Å². The van der Waals surface area contributed by atoms with Crippen LogP contribution >= 0.6 is 0 Å². The molecular weight excluding hydrogens is 151 g/mol. The van der Waals surface area contributed by atoms with Crippen LogP contribution in [0, 0.1) is 5.92 Å². The molecule has 0 aromatic heterocycles. The van der Waals surface area contributed by atoms with Crippen LogP contribution in [0.1, 0.15) is 39.5 Å². The minimum Gasteiger partial charge on any atom is -0.396 e. The Bertz CT molecular complexity index is 55.2. The van der Waals surface area contributed by atoms with Gasteiger partial charge in [0.25, 0.3) is 0 Å². The number of aliphatic hydroxyl groups is 1. The summed E-state index contributed by atoms with van der Waals surface area (Å²) >= 11 is 0. The summed E-state index contributed by atoms with van der Waals surface area (Å²) in [6, 6.07) is 0. The first-order chi connectivity index (χ1) is 4.27. The number of hydrogen-bond donors (Lipinski definition) is 1. The fraction of sp³-hybridized carbons (Fsp3) is 1.00. The average molecular weight is 169 g/mol. The summed E-state index contributed by atoms with van der Waals surface area (Å²) in [5, 5.41) is 8.43. The van der Waals surface area contributed by atoms with E-state index in [1.165, 1.54) is 19.3 Å². The molecule has 1 radical (unpaired) electrons. The van der Waals surface area contributed by atoms with Gasteiger partial charge in [-0.15, -0.1) is 0 Å². The van der Waals surface area contributed by atoms with E-state index in [1.807, 2.05) is 0 Å². The van der Waals surface area contributed by atoms with Gasteiger partial charge in [-0.05, 0) is 12.3 Å². The van der Waals surface area contributed by atoms with Crippen molar-refractivity contribution in [3.05, 3.63) is 0 Å². The Hall–Kier alpha value is 1.60. The van der Waals surface area contributed by atoms with Crippen molar-refractivity contribution in [1.82, 2.24) is 0 Å². The molecule has 0 bridgehead atoms. The smallest absolute Gasteiger partial charge is 0.0431 e. The van der Waals surface area contributed by atoms with Crippen molar-refractivity contribution in [2.75, 3.05) is 6.61 Å². The number of unbranched alkanes of at least 4 members (excludes halogenated alkanes) is 2. The van der Waals surface area contributed by atoms with Crippen LogP contribution < -0.4 is 0 Å². The molecule has 0 aliphatic heterocycles. The third kappa shape index (κ3) is 12.3. The molecule has 0 unspecified atom stereocenters. The van der Waals surface area contributed by atoms with E-state index in [2.05, 4.69) is 13.8 Å². The predicted octanol–water partition coefficient (Wildman–Crippen LogP) is 1.81. The molecule has 0 spiro atoms. The Balaban J connectivity index is 0. The maximum Gasteiger partial charge on any atom is 0.0431 e. The summed E-state index contributed by atoms with van der Waals surface area (Å²) in [7, 11) is 0. The van der Waals surface area contributed by atoms with Crippen molar-refractivity contribution < 1.29 is 5.11 Å². The zero-order valence-electron chi connectivity index (χ0n) is 7.56. The molecule has 0 aromatic carbocycles. The topological polar surface area (TPSA) is 20.2 Å². The number of aliphatic hydroxyl groups excluding tert-OH is 1. The summed E-state index contributed by atoms with van der Waals surface area (Å²) in [6.45, 7) is 4.83. The van der Waals surface area contributed by atoms with Crippen LogP contribution in [-0.4, -0.2) is 63.1 Å². The SMILES string of the molecule is CC(C)CCCCCO.[K]. The van der Waals surface area contributed by atoms with Crippen molar-refractivity contribution in [1.29, 1.82) is 0 Å². The van der Waals surface area contributed by atoms with Gasteiger partial charge < -0.3 is 5.11 Å². The predicted molar refractivity (Wildman–Crippen MR) is 46.1 cm³/mol. The van der Waals surface area contributed by atoms with E-state index in [0.717, 1.165) is 12.3 Å². The Kier molecular flexibility index (Phi) is 15.0. The average Bonchev–Trinajstić information content (AvgIpc) is 1.80. The zero-order valence-corrected chi connectivity index (χ0v) is 10.7. The third-order valence-corrected chi connectivity index (χ3v) is 1.44. The van der Waals surface area contributed by atoms with Gasteiger partial charge in [0.1, 0.15) is 0 Å². The minimum atomic E-state index is 0. The van der Waals surface area contributed by atoms with Crippen molar-refractivity contribution >= 4 is 51.4 Å². The molecule has 0 saturated carbocycles. The Morgan fingerprint density at radius 2 is 1.70 bits per heavy atom. The van der Waals surface area contributed by atoms with Crippen LogP contribution in [0.15, 0.2) is 0 Å². The molecule has 0 aliphatic rings. The molecule has 2 heteroatoms. The van der Waals surface area contributed by atoms with Crippen molar-refractivity contribution in [2.45, 2.75) is 39.5 Å². The van der Waals surface area contributed by atoms with Crippen molar-refractivity contribution in [3.8, 4) is 0 Å². The van der Waals surface area contributed by atoms with Gasteiger partial charge in [0.15, 0.2) is 0 Å². The first-order valence-corrected chi connectivity index (χ1v) is 3.88. The largest absolute Gasteiger partial charge is 0.396 e. The quantitative estimate of drug-likeness (QED) is 0.491. The second kappa shape index (κ2) is 10.6. The first kappa shape index (κ1) is 14.1. The molecule has 57 valence electrons. The molecule has 0 heterocycles. The maximum absolute atomic E-state index is 8.43. The standard InChI is InChI=1S/C8H18O.K/c1-8(2)6-4-3-5-7-9;/h8-9H,3-7H2,1-2H3;. The van der Waals surface area contributed by atoms with Crippen LogP contribution in [0.4, 0.5) is 0 Å². The molecule has 0 rings (SSSR count). The van der Waals surface area contributed by atoms with E-state index in [9.17, 15) is 0 Å². The van der Waals surface area contributed by atoms with E-state index >= 15 is 0 Å². The second-order valence-corrected chi connectivity index (χ2v) is 2.97. The Morgan fingerprint density at radius 3 is 2.10 bits per heavy atom. The molecule has 0 aliphatic carbocycles. The monoisotopic (exact) mass is 169 g/mol. The minimum absolute atomic E-state index is 0. The fourth-order valence-corrected chi connectivity index (χ4v) is 0.841. The Morgan fingerprint density at radius 1 is 1.10 bits per heavy atom. The van der Waals surface area contributed by atoms with Gasteiger partial charge in [-0.2, -0.15) is 0 Å². The van der Waals surface area contributed by atoms with E-state index in [-0.39, 0.29) is 51.4 Å². The number of hydrogen-bond acceptors (Lipinski definition) is 1. The molecule has 0 amide bonds. The summed E-state index contributed by atoms with van der Waals surface area (Å²) in [5.41, 5.74) is 0. The summed E-state index contributed by atoms with van der Waals surface area (Å²) in [4.78, 5) is 0. The summed E-state index contributed by atoms with van der Waals surface area (Å²) in [5.74, 6) is 0.823. The van der Waals surface area contributed by atoms with Gasteiger partial charge in [-0.25, -0.2) is 0 Å². The maximum atomic E-state index is 8.43. The molecule has 1 N–H and O–H groups in total. The number of rotatable bonds is 5. The van der Waals surface area contributed by atoms with Crippen LogP contribution in [0.3, 0.4) is 0 Å². The van der Waals surface area contributed by atoms with Gasteiger partial charge in [0.2, 0.25) is 0 Å². The molecule has 1 nitrogen and oxygen atoms in total. The fourth-order valence-electron chi connectivity index (χ4n) is 0.841. The summed E-state index contributed by atoms with van der Waals surface area (Å²) in [6.07, 6.45) is 4.75.